The molecule has 0 spiro atoms. The van der Waals surface area contributed by atoms with Crippen molar-refractivity contribution in [1.29, 1.82) is 0 Å². The summed E-state index contributed by atoms with van der Waals surface area (Å²) in [6.45, 7) is 11.2. The van der Waals surface area contributed by atoms with Gasteiger partial charge in [-0.2, -0.15) is 0 Å². The fourth-order valence-electron chi connectivity index (χ4n) is 3.56. The first-order valence-corrected chi connectivity index (χ1v) is 11.7. The molecule has 0 bridgehead atoms. The zero-order chi connectivity index (χ0) is 23.5. The van der Waals surface area contributed by atoms with Crippen LogP contribution in [0, 0.1) is 5.92 Å². The largest absolute Gasteiger partial charge is 0.382 e. The highest BCUT2D eigenvalue weighted by atomic mass is 35.5. The first-order chi connectivity index (χ1) is 15.3. The molecule has 0 N–H and O–H groups in total. The third-order valence-electron chi connectivity index (χ3n) is 5.21. The van der Waals surface area contributed by atoms with Crippen molar-refractivity contribution in [3.63, 3.8) is 0 Å². The van der Waals surface area contributed by atoms with Gasteiger partial charge in [0.15, 0.2) is 0 Å². The number of benzene rings is 1. The van der Waals surface area contributed by atoms with Crippen LogP contribution in [0.15, 0.2) is 42.6 Å². The van der Waals surface area contributed by atoms with E-state index >= 15 is 0 Å². The lowest BCUT2D eigenvalue weighted by Gasteiger charge is -2.29. The molecule has 1 aromatic carbocycles. The molecule has 0 saturated heterocycles. The van der Waals surface area contributed by atoms with Gasteiger partial charge in [-0.1, -0.05) is 43.6 Å². The second-order valence-corrected chi connectivity index (χ2v) is 8.79. The van der Waals surface area contributed by atoms with Gasteiger partial charge in [-0.15, -0.1) is 0 Å². The first kappa shape index (κ1) is 25.9. The van der Waals surface area contributed by atoms with E-state index in [2.05, 4.69) is 18.4 Å². The lowest BCUT2D eigenvalue weighted by atomic mass is 10.2. The van der Waals surface area contributed by atoms with Crippen LogP contribution in [0.1, 0.15) is 45.4 Å². The maximum Gasteiger partial charge on any atom is 0.242 e. The van der Waals surface area contributed by atoms with Gasteiger partial charge in [-0.25, -0.2) is 0 Å². The predicted molar refractivity (Wildman–Crippen MR) is 129 cm³/mol. The van der Waals surface area contributed by atoms with Crippen LogP contribution in [0.25, 0.3) is 0 Å². The molecule has 0 unspecified atom stereocenters. The minimum absolute atomic E-state index is 0.0456. The molecule has 32 heavy (non-hydrogen) atoms. The third kappa shape index (κ3) is 8.32. The Labute approximate surface area is 197 Å². The van der Waals surface area contributed by atoms with Crippen LogP contribution in [0.3, 0.4) is 0 Å². The number of ether oxygens (including phenoxy) is 1. The monoisotopic (exact) mass is 461 g/mol. The molecule has 0 aliphatic carbocycles. The topological polar surface area (TPSA) is 54.8 Å². The average Bonchev–Trinajstić information content (AvgIpc) is 3.17. The number of amides is 2. The molecule has 2 rings (SSSR count). The zero-order valence-corrected chi connectivity index (χ0v) is 20.5. The summed E-state index contributed by atoms with van der Waals surface area (Å²) in [6, 6.07) is 11.8. The highest BCUT2D eigenvalue weighted by Crippen LogP contribution is 2.18. The van der Waals surface area contributed by atoms with Crippen LogP contribution in [-0.2, 0) is 27.4 Å². The van der Waals surface area contributed by atoms with Gasteiger partial charge in [0.25, 0.3) is 0 Å². The minimum atomic E-state index is -0.0959. The van der Waals surface area contributed by atoms with Crippen LogP contribution in [0.2, 0.25) is 5.02 Å². The van der Waals surface area contributed by atoms with Gasteiger partial charge in [-0.3, -0.25) is 9.59 Å². The van der Waals surface area contributed by atoms with E-state index in [1.165, 1.54) is 6.92 Å². The molecule has 1 heterocycles. The highest BCUT2D eigenvalue weighted by Gasteiger charge is 2.21. The summed E-state index contributed by atoms with van der Waals surface area (Å²) in [5, 5.41) is 0.728. The molecule has 1 aromatic heterocycles. The number of carbonyl (C=O) groups is 2. The van der Waals surface area contributed by atoms with Gasteiger partial charge in [0.2, 0.25) is 11.8 Å². The van der Waals surface area contributed by atoms with Crippen LogP contribution in [0.5, 0.6) is 0 Å². The van der Waals surface area contributed by atoms with Gasteiger partial charge in [0.05, 0.1) is 13.1 Å². The van der Waals surface area contributed by atoms with Crippen molar-refractivity contribution in [1.82, 2.24) is 14.4 Å². The van der Waals surface area contributed by atoms with Gasteiger partial charge in [0, 0.05) is 56.7 Å². The molecule has 0 saturated carbocycles. The van der Waals surface area contributed by atoms with Crippen molar-refractivity contribution in [2.45, 2.75) is 47.2 Å². The van der Waals surface area contributed by atoms with E-state index in [4.69, 9.17) is 16.3 Å². The summed E-state index contributed by atoms with van der Waals surface area (Å²) in [6.07, 6.45) is 2.72. The number of rotatable bonds is 13. The number of hydrogen-bond donors (Lipinski definition) is 0. The standard InChI is InChI=1S/C25H36ClN3O3/c1-5-32-15-9-14-27(21(4)30)19-25(31)29(16-20(2)3)18-23-11-8-13-28(23)17-22-10-6-7-12-24(22)26/h6-8,10-13,20H,5,9,14-19H2,1-4H3. The molecular formula is C25H36ClN3O3. The Bertz CT molecular complexity index is 866. The highest BCUT2D eigenvalue weighted by molar-refractivity contribution is 6.31. The van der Waals surface area contributed by atoms with E-state index in [1.807, 2.05) is 54.4 Å². The molecule has 6 nitrogen and oxygen atoms in total. The van der Waals surface area contributed by atoms with Crippen molar-refractivity contribution in [3.05, 3.63) is 58.9 Å². The molecule has 0 aliphatic rings. The Balaban J connectivity index is 2.10. The van der Waals surface area contributed by atoms with E-state index in [1.54, 1.807) is 4.90 Å². The minimum Gasteiger partial charge on any atom is -0.382 e. The van der Waals surface area contributed by atoms with Crippen LogP contribution in [-0.4, -0.2) is 59.0 Å². The predicted octanol–water partition coefficient (Wildman–Crippen LogP) is 4.45. The van der Waals surface area contributed by atoms with E-state index in [0.717, 1.165) is 16.3 Å². The fraction of sp³-hybridized carbons (Fsp3) is 0.520. The normalized spacial score (nSPS) is 11.1. The summed E-state index contributed by atoms with van der Waals surface area (Å²) < 4.78 is 7.48. The van der Waals surface area contributed by atoms with Crippen molar-refractivity contribution in [2.24, 2.45) is 5.92 Å². The number of nitrogens with zero attached hydrogens (tertiary/aromatic N) is 3. The van der Waals surface area contributed by atoms with Crippen LogP contribution in [0.4, 0.5) is 0 Å². The summed E-state index contributed by atoms with van der Waals surface area (Å²) in [5.74, 6) is 0.173. The maximum atomic E-state index is 13.2. The molecule has 2 amide bonds. The Morgan fingerprint density at radius 1 is 1.12 bits per heavy atom. The Hall–Kier alpha value is -2.31. The second-order valence-electron chi connectivity index (χ2n) is 8.38. The Morgan fingerprint density at radius 2 is 1.88 bits per heavy atom. The molecule has 176 valence electrons. The van der Waals surface area contributed by atoms with Crippen molar-refractivity contribution >= 4 is 23.4 Å². The van der Waals surface area contributed by atoms with E-state index in [-0.39, 0.29) is 18.4 Å². The van der Waals surface area contributed by atoms with Crippen LogP contribution >= 0.6 is 11.6 Å². The molecular weight excluding hydrogens is 426 g/mol. The SMILES string of the molecule is CCOCCCN(CC(=O)N(Cc1cccn1Cc1ccccc1Cl)CC(C)C)C(C)=O. The Kier molecular flexibility index (Phi) is 10.8. The maximum absolute atomic E-state index is 13.2. The average molecular weight is 462 g/mol. The van der Waals surface area contributed by atoms with E-state index in [0.29, 0.717) is 51.7 Å². The number of carbonyl (C=O) groups excluding carboxylic acids is 2. The van der Waals surface area contributed by atoms with E-state index < -0.39 is 0 Å². The van der Waals surface area contributed by atoms with Gasteiger partial charge in [-0.05, 0) is 43.0 Å². The molecule has 0 aliphatic heterocycles. The summed E-state index contributed by atoms with van der Waals surface area (Å²) in [5.41, 5.74) is 2.06. The van der Waals surface area contributed by atoms with Crippen molar-refractivity contribution in [2.75, 3.05) is 32.8 Å². The summed E-state index contributed by atoms with van der Waals surface area (Å²) in [7, 11) is 0. The number of hydrogen-bond acceptors (Lipinski definition) is 3. The quantitative estimate of drug-likeness (QED) is 0.414. The second kappa shape index (κ2) is 13.3. The van der Waals surface area contributed by atoms with Crippen molar-refractivity contribution in [3.8, 4) is 0 Å². The summed E-state index contributed by atoms with van der Waals surface area (Å²) in [4.78, 5) is 28.8. The fourth-order valence-corrected chi connectivity index (χ4v) is 3.76. The summed E-state index contributed by atoms with van der Waals surface area (Å²) >= 11 is 6.34. The lowest BCUT2D eigenvalue weighted by molar-refractivity contribution is -0.140. The van der Waals surface area contributed by atoms with Crippen molar-refractivity contribution < 1.29 is 14.3 Å². The molecule has 7 heteroatoms. The molecule has 0 radical (unpaired) electrons. The number of aromatic nitrogens is 1. The Morgan fingerprint density at radius 3 is 2.53 bits per heavy atom. The first-order valence-electron chi connectivity index (χ1n) is 11.3. The lowest BCUT2D eigenvalue weighted by Crippen LogP contribution is -2.44. The van der Waals surface area contributed by atoms with Gasteiger partial charge < -0.3 is 19.1 Å². The molecule has 2 aromatic rings. The molecule has 0 fully saturated rings. The molecule has 0 atom stereocenters. The third-order valence-corrected chi connectivity index (χ3v) is 5.57. The van der Waals surface area contributed by atoms with E-state index in [9.17, 15) is 9.59 Å². The van der Waals surface area contributed by atoms with Gasteiger partial charge in [0.1, 0.15) is 0 Å². The smallest absolute Gasteiger partial charge is 0.242 e. The van der Waals surface area contributed by atoms with Crippen LogP contribution < -0.4 is 0 Å². The van der Waals surface area contributed by atoms with Gasteiger partial charge >= 0.3 is 0 Å². The number of halogens is 1. The zero-order valence-electron chi connectivity index (χ0n) is 19.7.